The molecule has 0 saturated heterocycles. The van der Waals surface area contributed by atoms with Gasteiger partial charge in [0.05, 0.1) is 16.8 Å². The van der Waals surface area contributed by atoms with Crippen molar-refractivity contribution in [2.75, 3.05) is 5.32 Å². The molecule has 0 fully saturated rings. The van der Waals surface area contributed by atoms with Gasteiger partial charge in [-0.1, -0.05) is 6.92 Å². The number of carbonyl (C=O) groups is 1. The number of amides is 1. The van der Waals surface area contributed by atoms with Crippen molar-refractivity contribution in [1.82, 2.24) is 9.99 Å². The van der Waals surface area contributed by atoms with Crippen molar-refractivity contribution in [1.29, 1.82) is 0 Å². The minimum Gasteiger partial charge on any atom is -0.339 e. The summed E-state index contributed by atoms with van der Waals surface area (Å²) in [5.74, 6) is 0.0891. The fourth-order valence-electron chi connectivity index (χ4n) is 5.02. The van der Waals surface area contributed by atoms with Crippen molar-refractivity contribution in [2.24, 2.45) is 5.10 Å². The number of fused-ring (bicyclic) bond motifs is 7. The molecule has 2 aromatic rings. The van der Waals surface area contributed by atoms with Crippen LogP contribution in [0.25, 0.3) is 10.9 Å². The molecule has 1 aromatic heterocycles. The Labute approximate surface area is 165 Å². The van der Waals surface area contributed by atoms with E-state index in [1.54, 1.807) is 0 Å². The Kier molecular flexibility index (Phi) is 3.74. The molecule has 2 bridgehead atoms. The van der Waals surface area contributed by atoms with Crippen LogP contribution < -0.4 is 10.7 Å². The quantitative estimate of drug-likeness (QED) is 0.805. The molecule has 1 amide bonds. The maximum Gasteiger partial charge on any atom is 0.234 e. The Morgan fingerprint density at radius 3 is 2.86 bits per heavy atom. The molecule has 146 valence electrons. The molecule has 0 radical (unpaired) electrons. The number of aryl methyl sites for hydroxylation is 2. The van der Waals surface area contributed by atoms with Crippen molar-refractivity contribution in [2.45, 2.75) is 71.8 Å². The summed E-state index contributed by atoms with van der Waals surface area (Å²) in [4.78, 5) is 12.5. The van der Waals surface area contributed by atoms with Gasteiger partial charge in [0.2, 0.25) is 5.91 Å². The molecule has 1 aromatic carbocycles. The smallest absolute Gasteiger partial charge is 0.234 e. The molecular formula is C23H28N4O. The van der Waals surface area contributed by atoms with Crippen molar-refractivity contribution < 1.29 is 4.79 Å². The van der Waals surface area contributed by atoms with E-state index in [0.717, 1.165) is 55.6 Å². The molecule has 2 aliphatic heterocycles. The Morgan fingerprint density at radius 2 is 2.07 bits per heavy atom. The van der Waals surface area contributed by atoms with Crippen LogP contribution in [0, 0.1) is 0 Å². The van der Waals surface area contributed by atoms with Gasteiger partial charge >= 0.3 is 0 Å². The summed E-state index contributed by atoms with van der Waals surface area (Å²) in [7, 11) is 0. The first-order valence-electron chi connectivity index (χ1n) is 10.4. The van der Waals surface area contributed by atoms with E-state index in [4.69, 9.17) is 5.10 Å². The molecular weight excluding hydrogens is 348 g/mol. The Morgan fingerprint density at radius 1 is 1.25 bits per heavy atom. The lowest BCUT2D eigenvalue weighted by Crippen LogP contribution is -2.26. The lowest BCUT2D eigenvalue weighted by molar-refractivity contribution is -0.119. The number of nitrogens with one attached hydrogen (secondary N) is 2. The highest BCUT2D eigenvalue weighted by Gasteiger charge is 2.39. The van der Waals surface area contributed by atoms with E-state index >= 15 is 0 Å². The summed E-state index contributed by atoms with van der Waals surface area (Å²) in [5.41, 5.74) is 12.6. The van der Waals surface area contributed by atoms with Crippen LogP contribution in [0.3, 0.4) is 0 Å². The predicted molar refractivity (Wildman–Crippen MR) is 114 cm³/mol. The van der Waals surface area contributed by atoms with E-state index < -0.39 is 5.41 Å². The molecule has 1 aliphatic carbocycles. The third-order valence-electron chi connectivity index (χ3n) is 6.69. The highest BCUT2D eigenvalue weighted by molar-refractivity contribution is 6.11. The standard InChI is InChI=1S/C23H28N4O/c1-5-9-27-20-12-17-18(24-22(28)23(17,3)4)11-16(20)15-8-6-7-14-10-19(21(15)27)26-25-13(14)2/h11-12,25H,5-10H2,1-4H3,(H,24,28). The fourth-order valence-corrected chi connectivity index (χ4v) is 5.02. The van der Waals surface area contributed by atoms with Crippen molar-refractivity contribution in [3.8, 4) is 0 Å². The summed E-state index contributed by atoms with van der Waals surface area (Å²) >= 11 is 0. The van der Waals surface area contributed by atoms with Gasteiger partial charge < -0.3 is 9.88 Å². The van der Waals surface area contributed by atoms with Crippen LogP contribution in [-0.4, -0.2) is 16.2 Å². The average molecular weight is 377 g/mol. The van der Waals surface area contributed by atoms with Gasteiger partial charge in [-0.25, -0.2) is 0 Å². The topological polar surface area (TPSA) is 58.4 Å². The maximum absolute atomic E-state index is 12.5. The molecule has 0 atom stereocenters. The van der Waals surface area contributed by atoms with E-state index in [0.29, 0.717) is 0 Å². The molecule has 3 heterocycles. The van der Waals surface area contributed by atoms with Crippen LogP contribution in [0.1, 0.15) is 70.2 Å². The number of allylic oxidation sites excluding steroid dienone is 2. The highest BCUT2D eigenvalue weighted by Crippen LogP contribution is 2.43. The highest BCUT2D eigenvalue weighted by atomic mass is 16.2. The largest absolute Gasteiger partial charge is 0.339 e. The molecule has 28 heavy (non-hydrogen) atoms. The second-order valence-corrected chi connectivity index (χ2v) is 8.90. The summed E-state index contributed by atoms with van der Waals surface area (Å²) in [6.07, 6.45) is 5.32. The maximum atomic E-state index is 12.5. The SMILES string of the molecule is CCCn1c2c(c3cc4c(cc31)C(C)(C)C(=O)N4)CCCC1=C(C)NN=C2C1. The van der Waals surface area contributed by atoms with Gasteiger partial charge in [-0.15, -0.1) is 0 Å². The third-order valence-corrected chi connectivity index (χ3v) is 6.69. The Balaban J connectivity index is 1.79. The monoisotopic (exact) mass is 376 g/mol. The zero-order chi connectivity index (χ0) is 19.6. The lowest BCUT2D eigenvalue weighted by atomic mass is 9.85. The van der Waals surface area contributed by atoms with Gasteiger partial charge in [0.15, 0.2) is 0 Å². The average Bonchev–Trinajstić information content (AvgIpc) is 3.05. The molecule has 0 unspecified atom stereocenters. The van der Waals surface area contributed by atoms with Crippen LogP contribution in [0.5, 0.6) is 0 Å². The van der Waals surface area contributed by atoms with Crippen molar-refractivity contribution in [3.05, 3.63) is 40.2 Å². The van der Waals surface area contributed by atoms with Gasteiger partial charge in [0.25, 0.3) is 0 Å². The lowest BCUT2D eigenvalue weighted by Gasteiger charge is -2.24. The zero-order valence-corrected chi connectivity index (χ0v) is 17.2. The number of aromatic nitrogens is 1. The molecule has 5 nitrogen and oxygen atoms in total. The van der Waals surface area contributed by atoms with E-state index in [1.165, 1.54) is 33.4 Å². The first-order chi connectivity index (χ1) is 13.4. The minimum absolute atomic E-state index is 0.0891. The molecule has 3 aliphatic rings. The first-order valence-corrected chi connectivity index (χ1v) is 10.4. The van der Waals surface area contributed by atoms with Crippen LogP contribution in [0.4, 0.5) is 5.69 Å². The summed E-state index contributed by atoms with van der Waals surface area (Å²) in [6.45, 7) is 9.34. The molecule has 5 rings (SSSR count). The van der Waals surface area contributed by atoms with Gasteiger partial charge in [-0.2, -0.15) is 5.10 Å². The van der Waals surface area contributed by atoms with Crippen LogP contribution in [0.15, 0.2) is 28.5 Å². The second-order valence-electron chi connectivity index (χ2n) is 8.90. The van der Waals surface area contributed by atoms with Gasteiger partial charge in [-0.3, -0.25) is 10.2 Å². The number of benzene rings is 1. The predicted octanol–water partition coefficient (Wildman–Crippen LogP) is 4.59. The number of rotatable bonds is 2. The Bertz CT molecular complexity index is 1080. The van der Waals surface area contributed by atoms with Gasteiger partial charge in [-0.05, 0) is 75.3 Å². The van der Waals surface area contributed by atoms with Crippen molar-refractivity contribution in [3.63, 3.8) is 0 Å². The number of nitrogens with zero attached hydrogens (tertiary/aromatic N) is 2. The third kappa shape index (κ3) is 2.31. The molecule has 0 spiro atoms. The van der Waals surface area contributed by atoms with E-state index in [1.807, 2.05) is 13.8 Å². The van der Waals surface area contributed by atoms with Gasteiger partial charge in [0.1, 0.15) is 0 Å². The number of anilines is 1. The molecule has 2 N–H and O–H groups in total. The zero-order valence-electron chi connectivity index (χ0n) is 17.2. The van der Waals surface area contributed by atoms with Crippen LogP contribution in [0.2, 0.25) is 0 Å². The number of hydrogen-bond acceptors (Lipinski definition) is 3. The van der Waals surface area contributed by atoms with E-state index in [-0.39, 0.29) is 5.91 Å². The number of hydrogen-bond donors (Lipinski definition) is 2. The Hall–Kier alpha value is -2.56. The van der Waals surface area contributed by atoms with E-state index in [2.05, 4.69) is 41.3 Å². The van der Waals surface area contributed by atoms with Gasteiger partial charge in [0, 0.05) is 35.3 Å². The summed E-state index contributed by atoms with van der Waals surface area (Å²) < 4.78 is 2.45. The number of hydrazone groups is 1. The van der Waals surface area contributed by atoms with E-state index in [9.17, 15) is 4.79 Å². The summed E-state index contributed by atoms with van der Waals surface area (Å²) in [5, 5.41) is 9.13. The fraction of sp³-hybridized carbons (Fsp3) is 0.478. The minimum atomic E-state index is -0.490. The van der Waals surface area contributed by atoms with Crippen molar-refractivity contribution >= 4 is 28.2 Å². The molecule has 0 saturated carbocycles. The normalized spacial score (nSPS) is 20.1. The first kappa shape index (κ1) is 17.5. The van der Waals surface area contributed by atoms with Crippen LogP contribution in [-0.2, 0) is 23.2 Å². The summed E-state index contributed by atoms with van der Waals surface area (Å²) in [6, 6.07) is 4.46. The second kappa shape index (κ2) is 5.97. The number of carbonyl (C=O) groups excluding carboxylic acids is 1. The molecule has 5 heteroatoms. The van der Waals surface area contributed by atoms with Crippen LogP contribution >= 0.6 is 0 Å².